The van der Waals surface area contributed by atoms with E-state index in [0.29, 0.717) is 0 Å². The van der Waals surface area contributed by atoms with E-state index < -0.39 is 0 Å². The molecule has 0 N–H and O–H groups in total. The quantitative estimate of drug-likeness (QED) is 0.103. The zero-order valence-corrected chi connectivity index (χ0v) is 42.0. The van der Waals surface area contributed by atoms with Crippen molar-refractivity contribution in [1.82, 2.24) is 0 Å². The van der Waals surface area contributed by atoms with Crippen LogP contribution in [0.5, 0.6) is 0 Å². The van der Waals surface area contributed by atoms with Crippen LogP contribution in [0, 0.1) is 48.7 Å². The van der Waals surface area contributed by atoms with Crippen molar-refractivity contribution in [2.75, 3.05) is 0 Å². The second-order valence-electron chi connectivity index (χ2n) is 25.7. The lowest BCUT2D eigenvalue weighted by atomic mass is 9.50. The van der Waals surface area contributed by atoms with Crippen molar-refractivity contribution in [2.45, 2.75) is 227 Å². The molecule has 0 radical (unpaired) electrons. The molecule has 0 nitrogen and oxygen atoms in total. The van der Waals surface area contributed by atoms with Crippen molar-refractivity contribution in [1.29, 1.82) is 0 Å². The standard InChI is InChI=1S/C55H98/c1-28-32-44(5,6)47(11,12)38-50(17,18)52(21,22)41-35-42(53(23,24)51(19,20)39-48(13,14)45(7,8)33-29-2)37-43(36-41)54(25,26)55(27,31-4)40-49(15,16)46(9,10)34-30-3/h28-30,35-37H,1-3,31-34,38-40H2,4-27H3. The number of rotatable bonds is 22. The van der Waals surface area contributed by atoms with E-state index in [-0.39, 0.29) is 65.0 Å². The lowest BCUT2D eigenvalue weighted by molar-refractivity contribution is 0.0112. The van der Waals surface area contributed by atoms with Crippen LogP contribution >= 0.6 is 0 Å². The van der Waals surface area contributed by atoms with Crippen LogP contribution in [0.2, 0.25) is 0 Å². The Bertz CT molecular complexity index is 1390. The number of benzene rings is 1. The molecule has 0 aliphatic rings. The Hall–Kier alpha value is -1.56. The van der Waals surface area contributed by atoms with Crippen LogP contribution in [0.3, 0.4) is 0 Å². The van der Waals surface area contributed by atoms with Gasteiger partial charge >= 0.3 is 0 Å². The molecule has 0 spiro atoms. The van der Waals surface area contributed by atoms with E-state index in [4.69, 9.17) is 0 Å². The third-order valence-corrected chi connectivity index (χ3v) is 18.8. The summed E-state index contributed by atoms with van der Waals surface area (Å²) in [6.07, 6.45) is 13.9. The van der Waals surface area contributed by atoms with Gasteiger partial charge in [-0.15, -0.1) is 19.7 Å². The van der Waals surface area contributed by atoms with E-state index in [9.17, 15) is 0 Å². The van der Waals surface area contributed by atoms with E-state index in [1.165, 1.54) is 16.7 Å². The first kappa shape index (κ1) is 51.5. The lowest BCUT2D eigenvalue weighted by Gasteiger charge is -2.54. The van der Waals surface area contributed by atoms with Gasteiger partial charge in [-0.25, -0.2) is 0 Å². The predicted molar refractivity (Wildman–Crippen MR) is 252 cm³/mol. The Morgan fingerprint density at radius 1 is 0.345 bits per heavy atom. The summed E-state index contributed by atoms with van der Waals surface area (Å²) in [5.74, 6) is 0. The molecule has 0 heterocycles. The topological polar surface area (TPSA) is 0 Å². The van der Waals surface area contributed by atoms with E-state index in [1.807, 2.05) is 0 Å². The first-order valence-electron chi connectivity index (χ1n) is 22.2. The largest absolute Gasteiger partial charge is 0.103 e. The van der Waals surface area contributed by atoms with Gasteiger partial charge in [-0.2, -0.15) is 0 Å². The van der Waals surface area contributed by atoms with Crippen molar-refractivity contribution < 1.29 is 0 Å². The van der Waals surface area contributed by atoms with Crippen molar-refractivity contribution in [3.8, 4) is 0 Å². The second-order valence-corrected chi connectivity index (χ2v) is 25.7. The van der Waals surface area contributed by atoms with Gasteiger partial charge in [-0.1, -0.05) is 203 Å². The van der Waals surface area contributed by atoms with Crippen LogP contribution in [-0.4, -0.2) is 0 Å². The monoisotopic (exact) mass is 759 g/mol. The molecular weight excluding hydrogens is 661 g/mol. The third-order valence-electron chi connectivity index (χ3n) is 18.8. The highest BCUT2D eigenvalue weighted by atomic mass is 14.6. The third kappa shape index (κ3) is 10.0. The number of hydrogen-bond donors (Lipinski definition) is 0. The van der Waals surface area contributed by atoms with Gasteiger partial charge in [0, 0.05) is 0 Å². The highest BCUT2D eigenvalue weighted by molar-refractivity contribution is 5.43. The van der Waals surface area contributed by atoms with Crippen LogP contribution in [-0.2, 0) is 16.2 Å². The molecule has 1 aromatic rings. The molecule has 0 aliphatic carbocycles. The van der Waals surface area contributed by atoms with Gasteiger partial charge in [-0.3, -0.25) is 0 Å². The molecule has 318 valence electrons. The molecule has 0 fully saturated rings. The molecule has 1 aromatic carbocycles. The molecule has 0 amide bonds. The van der Waals surface area contributed by atoms with E-state index >= 15 is 0 Å². The lowest BCUT2D eigenvalue weighted by Crippen LogP contribution is -2.47. The van der Waals surface area contributed by atoms with Crippen molar-refractivity contribution in [2.24, 2.45) is 48.7 Å². The summed E-state index contributed by atoms with van der Waals surface area (Å²) in [5, 5.41) is 0. The van der Waals surface area contributed by atoms with Crippen LogP contribution in [0.15, 0.2) is 56.2 Å². The summed E-state index contributed by atoms with van der Waals surface area (Å²) in [7, 11) is 0. The summed E-state index contributed by atoms with van der Waals surface area (Å²) in [4.78, 5) is 0. The van der Waals surface area contributed by atoms with Crippen molar-refractivity contribution >= 4 is 0 Å². The van der Waals surface area contributed by atoms with Crippen LogP contribution in [0.25, 0.3) is 0 Å². The van der Waals surface area contributed by atoms with Gasteiger partial charge in [0.15, 0.2) is 0 Å². The summed E-state index contributed by atoms with van der Waals surface area (Å²) in [6, 6.07) is 7.96. The average molecular weight is 759 g/mol. The minimum Gasteiger partial charge on any atom is -0.103 e. The fourth-order valence-electron chi connectivity index (χ4n) is 9.88. The Morgan fingerprint density at radius 3 is 0.818 bits per heavy atom. The summed E-state index contributed by atoms with van der Waals surface area (Å²) < 4.78 is 0. The molecule has 1 unspecified atom stereocenters. The predicted octanol–water partition coefficient (Wildman–Crippen LogP) is 18.0. The zero-order valence-electron chi connectivity index (χ0n) is 42.0. The minimum atomic E-state index is -0.0886. The van der Waals surface area contributed by atoms with E-state index in [2.05, 4.69) is 222 Å². The first-order valence-corrected chi connectivity index (χ1v) is 22.2. The summed E-state index contributed by atoms with van der Waals surface area (Å²) in [5.41, 5.74) is 5.11. The Morgan fingerprint density at radius 2 is 0.582 bits per heavy atom. The summed E-state index contributed by atoms with van der Waals surface area (Å²) >= 11 is 0. The molecular formula is C55H98. The molecule has 0 aliphatic heterocycles. The zero-order chi connectivity index (χ0) is 43.9. The summed E-state index contributed by atoms with van der Waals surface area (Å²) in [6.45, 7) is 72.5. The molecule has 0 saturated heterocycles. The van der Waals surface area contributed by atoms with Gasteiger partial charge in [0.2, 0.25) is 0 Å². The van der Waals surface area contributed by atoms with Gasteiger partial charge < -0.3 is 0 Å². The molecule has 0 bridgehead atoms. The van der Waals surface area contributed by atoms with E-state index in [0.717, 1.165) is 44.9 Å². The molecule has 1 atom stereocenters. The van der Waals surface area contributed by atoms with Crippen LogP contribution in [0.1, 0.15) is 228 Å². The van der Waals surface area contributed by atoms with Gasteiger partial charge in [-0.05, 0) is 127 Å². The maximum absolute atomic E-state index is 4.16. The van der Waals surface area contributed by atoms with Crippen molar-refractivity contribution in [3.63, 3.8) is 0 Å². The smallest absolute Gasteiger partial charge is 0.00495 e. The first-order chi connectivity index (χ1) is 24.2. The Balaban J connectivity index is 4.31. The normalized spacial score (nSPS) is 16.1. The highest BCUT2D eigenvalue weighted by Gasteiger charge is 2.52. The van der Waals surface area contributed by atoms with Crippen LogP contribution in [0.4, 0.5) is 0 Å². The number of hydrogen-bond acceptors (Lipinski definition) is 0. The average Bonchev–Trinajstić information content (AvgIpc) is 2.98. The fraction of sp³-hybridized carbons (Fsp3) is 0.782. The maximum Gasteiger partial charge on any atom is -0.00495 e. The maximum atomic E-state index is 4.16. The molecule has 0 heteroatoms. The molecule has 1 rings (SSSR count). The molecule has 0 aromatic heterocycles. The molecule has 0 saturated carbocycles. The second kappa shape index (κ2) is 16.2. The molecule has 55 heavy (non-hydrogen) atoms. The van der Waals surface area contributed by atoms with Gasteiger partial charge in [0.1, 0.15) is 0 Å². The fourth-order valence-corrected chi connectivity index (χ4v) is 9.88. The van der Waals surface area contributed by atoms with Crippen LogP contribution < -0.4 is 0 Å². The Labute approximate surface area is 347 Å². The SMILES string of the molecule is C=CCC(C)(C)C(C)(C)CC(C)(C)C(C)(C)c1cc(C(C)(C)C(C)(C)CC(C)(C)C(C)(C)CC=C)cc(C(C)(C)C(C)(CC)CC(C)(C)C(C)(C)CC=C)c1. The van der Waals surface area contributed by atoms with Gasteiger partial charge in [0.05, 0.1) is 0 Å². The number of allylic oxidation sites excluding steroid dienone is 3. The van der Waals surface area contributed by atoms with Crippen molar-refractivity contribution in [3.05, 3.63) is 72.9 Å². The van der Waals surface area contributed by atoms with Gasteiger partial charge in [0.25, 0.3) is 0 Å². The van der Waals surface area contributed by atoms with E-state index in [1.54, 1.807) is 0 Å². The highest BCUT2D eigenvalue weighted by Crippen LogP contribution is 2.60. The Kier molecular flexibility index (Phi) is 15.2. The minimum absolute atomic E-state index is 0.0239.